The zero-order valence-corrected chi connectivity index (χ0v) is 8.40. The van der Waals surface area contributed by atoms with E-state index >= 15 is 0 Å². The van der Waals surface area contributed by atoms with E-state index in [-0.39, 0.29) is 0 Å². The highest BCUT2D eigenvalue weighted by Gasteiger charge is 2.21. The highest BCUT2D eigenvalue weighted by Crippen LogP contribution is 2.24. The van der Waals surface area contributed by atoms with Gasteiger partial charge in [0.25, 0.3) is 0 Å². The molecule has 4 nitrogen and oxygen atoms in total. The van der Waals surface area contributed by atoms with Gasteiger partial charge in [-0.1, -0.05) is 29.4 Å². The number of rotatable bonds is 2. The van der Waals surface area contributed by atoms with E-state index in [1.807, 2.05) is 12.1 Å². The van der Waals surface area contributed by atoms with Crippen LogP contribution in [0.5, 0.6) is 0 Å². The van der Waals surface area contributed by atoms with Crippen molar-refractivity contribution >= 4 is 0 Å². The topological polar surface area (TPSA) is 60.9 Å². The zero-order valence-electron chi connectivity index (χ0n) is 8.40. The number of hydrogen-bond acceptors (Lipinski definition) is 4. The Labute approximate surface area is 87.3 Å². The fourth-order valence-corrected chi connectivity index (χ4v) is 1.58. The Morgan fingerprint density at radius 2 is 2.07 bits per heavy atom. The molecule has 1 unspecified atom stereocenters. The summed E-state index contributed by atoms with van der Waals surface area (Å²) in [5.41, 5.74) is 2.32. The van der Waals surface area contributed by atoms with Crippen LogP contribution in [0.1, 0.15) is 17.5 Å². The molecule has 2 heterocycles. The standard InChI is InChI=1S/C11H11N3O/c1-7-13-11(14-15-7)9-4-2-8(3-5-9)10-6-12-10/h2-5,10,12H,6H2,1H3. The second kappa shape index (κ2) is 3.17. The van der Waals surface area contributed by atoms with E-state index in [0.29, 0.717) is 17.8 Å². The molecule has 3 rings (SSSR count). The molecular formula is C11H11N3O. The van der Waals surface area contributed by atoms with Gasteiger partial charge in [0.05, 0.1) is 0 Å². The molecule has 1 aliphatic rings. The van der Waals surface area contributed by atoms with Crippen molar-refractivity contribution in [3.63, 3.8) is 0 Å². The van der Waals surface area contributed by atoms with Crippen LogP contribution in [0, 0.1) is 6.92 Å². The van der Waals surface area contributed by atoms with Crippen LogP contribution >= 0.6 is 0 Å². The summed E-state index contributed by atoms with van der Waals surface area (Å²) in [7, 11) is 0. The first-order valence-electron chi connectivity index (χ1n) is 4.97. The van der Waals surface area contributed by atoms with Gasteiger partial charge in [-0.3, -0.25) is 0 Å². The fraction of sp³-hybridized carbons (Fsp3) is 0.273. The quantitative estimate of drug-likeness (QED) is 0.751. The highest BCUT2D eigenvalue weighted by atomic mass is 16.5. The lowest BCUT2D eigenvalue weighted by Crippen LogP contribution is -1.85. The van der Waals surface area contributed by atoms with E-state index in [0.717, 1.165) is 12.1 Å². The van der Waals surface area contributed by atoms with Crippen LogP contribution in [0.4, 0.5) is 0 Å². The smallest absolute Gasteiger partial charge is 0.223 e. The number of aryl methyl sites for hydroxylation is 1. The number of aromatic nitrogens is 2. The third-order valence-electron chi connectivity index (χ3n) is 2.51. The molecule has 2 aromatic rings. The maximum Gasteiger partial charge on any atom is 0.223 e. The van der Waals surface area contributed by atoms with Crippen molar-refractivity contribution in [3.05, 3.63) is 35.7 Å². The Morgan fingerprint density at radius 3 is 2.60 bits per heavy atom. The largest absolute Gasteiger partial charge is 0.339 e. The highest BCUT2D eigenvalue weighted by molar-refractivity contribution is 5.55. The number of benzene rings is 1. The van der Waals surface area contributed by atoms with Gasteiger partial charge < -0.3 is 9.84 Å². The van der Waals surface area contributed by atoms with E-state index in [2.05, 4.69) is 27.6 Å². The summed E-state index contributed by atoms with van der Waals surface area (Å²) < 4.78 is 4.94. The molecule has 76 valence electrons. The van der Waals surface area contributed by atoms with Gasteiger partial charge in [-0.15, -0.1) is 0 Å². The fourth-order valence-electron chi connectivity index (χ4n) is 1.58. The maximum absolute atomic E-state index is 4.94. The molecule has 1 N–H and O–H groups in total. The normalized spacial score (nSPS) is 19.1. The molecular weight excluding hydrogens is 190 g/mol. The molecule has 0 saturated carbocycles. The van der Waals surface area contributed by atoms with E-state index in [1.165, 1.54) is 5.56 Å². The molecule has 1 aromatic heterocycles. The average molecular weight is 201 g/mol. The Kier molecular flexibility index (Phi) is 1.82. The lowest BCUT2D eigenvalue weighted by Gasteiger charge is -1.97. The minimum absolute atomic E-state index is 0.547. The summed E-state index contributed by atoms with van der Waals surface area (Å²) in [6.45, 7) is 2.87. The minimum atomic E-state index is 0.547. The molecule has 0 spiro atoms. The molecule has 0 radical (unpaired) electrons. The van der Waals surface area contributed by atoms with Crippen molar-refractivity contribution in [2.24, 2.45) is 0 Å². The van der Waals surface area contributed by atoms with Gasteiger partial charge in [0.1, 0.15) is 0 Å². The van der Waals surface area contributed by atoms with E-state index in [4.69, 9.17) is 4.52 Å². The lowest BCUT2D eigenvalue weighted by atomic mass is 10.1. The molecule has 1 saturated heterocycles. The minimum Gasteiger partial charge on any atom is -0.339 e. The molecule has 1 aromatic carbocycles. The van der Waals surface area contributed by atoms with E-state index in [1.54, 1.807) is 6.92 Å². The van der Waals surface area contributed by atoms with Crippen LogP contribution in [-0.4, -0.2) is 16.7 Å². The van der Waals surface area contributed by atoms with Crippen molar-refractivity contribution in [1.82, 2.24) is 15.5 Å². The second-order valence-electron chi connectivity index (χ2n) is 3.72. The SMILES string of the molecule is Cc1nc(-c2ccc(C3CN3)cc2)no1. The molecule has 4 heteroatoms. The average Bonchev–Trinajstić information content (AvgIpc) is 3.02. The van der Waals surface area contributed by atoms with Crippen LogP contribution in [0.25, 0.3) is 11.4 Å². The maximum atomic E-state index is 4.94. The van der Waals surface area contributed by atoms with Crippen molar-refractivity contribution < 1.29 is 4.52 Å². The van der Waals surface area contributed by atoms with Crippen molar-refractivity contribution in [2.75, 3.05) is 6.54 Å². The van der Waals surface area contributed by atoms with E-state index < -0.39 is 0 Å². The van der Waals surface area contributed by atoms with Gasteiger partial charge in [-0.25, -0.2) is 0 Å². The van der Waals surface area contributed by atoms with Crippen LogP contribution in [0.3, 0.4) is 0 Å². The Balaban J connectivity index is 1.92. The second-order valence-corrected chi connectivity index (χ2v) is 3.72. The number of nitrogens with one attached hydrogen (secondary N) is 1. The summed E-state index contributed by atoms with van der Waals surface area (Å²) >= 11 is 0. The summed E-state index contributed by atoms with van der Waals surface area (Å²) in [6, 6.07) is 8.81. The summed E-state index contributed by atoms with van der Waals surface area (Å²) in [5.74, 6) is 1.25. The summed E-state index contributed by atoms with van der Waals surface area (Å²) in [4.78, 5) is 4.18. The monoisotopic (exact) mass is 201 g/mol. The number of nitrogens with zero attached hydrogens (tertiary/aromatic N) is 2. The third-order valence-corrected chi connectivity index (χ3v) is 2.51. The summed E-state index contributed by atoms with van der Waals surface area (Å²) in [5, 5.41) is 7.14. The van der Waals surface area contributed by atoms with Gasteiger partial charge in [0.15, 0.2) is 0 Å². The van der Waals surface area contributed by atoms with Crippen LogP contribution < -0.4 is 5.32 Å². The van der Waals surface area contributed by atoms with Crippen molar-refractivity contribution in [3.8, 4) is 11.4 Å². The van der Waals surface area contributed by atoms with Crippen molar-refractivity contribution in [2.45, 2.75) is 13.0 Å². The van der Waals surface area contributed by atoms with Crippen molar-refractivity contribution in [1.29, 1.82) is 0 Å². The Morgan fingerprint density at radius 1 is 1.33 bits per heavy atom. The molecule has 1 fully saturated rings. The Bertz CT molecular complexity index is 471. The molecule has 15 heavy (non-hydrogen) atoms. The van der Waals surface area contributed by atoms with E-state index in [9.17, 15) is 0 Å². The molecule has 0 aliphatic carbocycles. The first kappa shape index (κ1) is 8.61. The van der Waals surface area contributed by atoms with Gasteiger partial charge >= 0.3 is 0 Å². The van der Waals surface area contributed by atoms with Crippen LogP contribution in [0.15, 0.2) is 28.8 Å². The lowest BCUT2D eigenvalue weighted by molar-refractivity contribution is 0.394. The van der Waals surface area contributed by atoms with Gasteiger partial charge in [-0.2, -0.15) is 4.98 Å². The predicted octanol–water partition coefficient (Wildman–Crippen LogP) is 1.69. The first-order chi connectivity index (χ1) is 7.33. The summed E-state index contributed by atoms with van der Waals surface area (Å²) in [6.07, 6.45) is 0. The van der Waals surface area contributed by atoms with Crippen LogP contribution in [0.2, 0.25) is 0 Å². The molecule has 0 amide bonds. The van der Waals surface area contributed by atoms with Crippen LogP contribution in [-0.2, 0) is 0 Å². The van der Waals surface area contributed by atoms with Gasteiger partial charge in [0.2, 0.25) is 11.7 Å². The number of hydrogen-bond donors (Lipinski definition) is 1. The molecule has 1 aliphatic heterocycles. The Hall–Kier alpha value is -1.68. The van der Waals surface area contributed by atoms with Gasteiger partial charge in [-0.05, 0) is 5.56 Å². The zero-order chi connectivity index (χ0) is 10.3. The first-order valence-corrected chi connectivity index (χ1v) is 4.97. The third kappa shape index (κ3) is 1.64. The predicted molar refractivity (Wildman–Crippen MR) is 55.2 cm³/mol. The molecule has 1 atom stereocenters. The molecule has 0 bridgehead atoms. The van der Waals surface area contributed by atoms with Gasteiger partial charge in [0, 0.05) is 25.1 Å².